The highest BCUT2D eigenvalue weighted by molar-refractivity contribution is 5.78. The molecular weight excluding hydrogens is 839 g/mol. The predicted molar refractivity (Wildman–Crippen MR) is 252 cm³/mol. The Labute approximate surface area is 391 Å². The van der Waals surface area contributed by atoms with E-state index in [4.69, 9.17) is 38.9 Å². The number of rotatable bonds is 22. The van der Waals surface area contributed by atoms with Crippen LogP contribution in [0.2, 0.25) is 0 Å². The lowest BCUT2D eigenvalue weighted by molar-refractivity contribution is -0.320. The number of hydrogen-bond acceptors (Lipinski definition) is 16. The molecule has 16 nitrogen and oxygen atoms in total. The summed E-state index contributed by atoms with van der Waals surface area (Å²) in [5.74, 6) is -3.87. The highest BCUT2D eigenvalue weighted by Crippen LogP contribution is 2.40. The standard InChI is InChI=1S/C45H79N3O13.2C2H6/c1-15-33(49)45(10,54)30(7)57-41(52)29(6)35(58-34-23-44(9,55-14)37(50)39(46)59-34)28(5)38(43(8,53)22-25(2)24-47-11)61-42-36(32(48(12)13)21-26(3)56-42)60-40(51)27(4)31-19-17-16-18-20-31;2*1-2/h16-20,25-30,32-39,42,47,49-50,53-54H,15,21-24,46H2,1-14H3;2*1-2H3/t25-,26-,27?,28+,29-,30-,32+,33-,34-,35+,36-,37+,38-,39-,42+,43-,44-,45-;;/m1../s1. The SMILES string of the molecule is CC.CC.CC[C@@H](O)[C@](C)(O)[C@@H](C)OC(=O)[C@H](C)[C@@H](O[C@H]1C[C@@](C)(OC)[C@@H](O)[C@H](N)O1)[C@H](C)[C@@H](O[C@@H]1O[C@H](C)C[C@H](N(C)C)[C@H]1OC(=O)C(C)c1ccccc1)[C@](C)(O)C[C@@H](C)CNC. The molecule has 0 amide bonds. The Balaban J connectivity index is 0.00000513. The summed E-state index contributed by atoms with van der Waals surface area (Å²) in [7, 11) is 7.06. The average molecular weight is 930 g/mol. The first kappa shape index (κ1) is 60.7. The number of ether oxygens (including phenoxy) is 7. The summed E-state index contributed by atoms with van der Waals surface area (Å²) in [5, 5.41) is 48.5. The summed E-state index contributed by atoms with van der Waals surface area (Å²) in [6, 6.07) is 8.99. The van der Waals surface area contributed by atoms with Gasteiger partial charge in [0.15, 0.2) is 18.7 Å². The number of aliphatic hydroxyl groups excluding tert-OH is 2. The number of carbonyl (C=O) groups is 2. The van der Waals surface area contributed by atoms with E-state index in [1.165, 1.54) is 21.0 Å². The predicted octanol–water partition coefficient (Wildman–Crippen LogP) is 5.11. The van der Waals surface area contributed by atoms with Crippen LogP contribution in [0.4, 0.5) is 0 Å². The minimum absolute atomic E-state index is 0.0175. The van der Waals surface area contributed by atoms with Gasteiger partial charge >= 0.3 is 11.9 Å². The van der Waals surface area contributed by atoms with Crippen LogP contribution in [0.5, 0.6) is 0 Å². The van der Waals surface area contributed by atoms with Gasteiger partial charge in [-0.2, -0.15) is 0 Å². The van der Waals surface area contributed by atoms with Gasteiger partial charge < -0.3 is 69.5 Å². The first-order valence-electron chi connectivity index (χ1n) is 23.8. The number of aliphatic hydroxyl groups is 4. The molecule has 2 fully saturated rings. The van der Waals surface area contributed by atoms with Crippen LogP contribution >= 0.6 is 0 Å². The van der Waals surface area contributed by atoms with Crippen LogP contribution in [0.15, 0.2) is 30.3 Å². The zero-order valence-electron chi connectivity index (χ0n) is 43.1. The zero-order valence-corrected chi connectivity index (χ0v) is 43.1. The van der Waals surface area contributed by atoms with E-state index < -0.39 is 102 Å². The van der Waals surface area contributed by atoms with Crippen LogP contribution in [0, 0.1) is 17.8 Å². The van der Waals surface area contributed by atoms with Crippen molar-refractivity contribution in [2.45, 2.75) is 213 Å². The van der Waals surface area contributed by atoms with Crippen LogP contribution < -0.4 is 11.1 Å². The molecule has 2 aliphatic heterocycles. The number of esters is 2. The normalized spacial score (nSPS) is 30.2. The van der Waals surface area contributed by atoms with Crippen molar-refractivity contribution in [2.24, 2.45) is 23.5 Å². The van der Waals surface area contributed by atoms with Gasteiger partial charge in [0.25, 0.3) is 0 Å². The van der Waals surface area contributed by atoms with Gasteiger partial charge in [0, 0.05) is 19.4 Å². The van der Waals surface area contributed by atoms with Gasteiger partial charge in [-0.15, -0.1) is 0 Å². The van der Waals surface area contributed by atoms with Crippen LogP contribution in [0.1, 0.15) is 134 Å². The van der Waals surface area contributed by atoms with Crippen molar-refractivity contribution in [1.29, 1.82) is 0 Å². The van der Waals surface area contributed by atoms with Gasteiger partial charge in [-0.3, -0.25) is 9.59 Å². The lowest BCUT2D eigenvalue weighted by atomic mass is 9.77. The highest BCUT2D eigenvalue weighted by atomic mass is 16.7. The zero-order chi connectivity index (χ0) is 50.2. The van der Waals surface area contributed by atoms with Crippen molar-refractivity contribution in [2.75, 3.05) is 34.8 Å². The molecule has 1 aromatic rings. The lowest BCUT2D eigenvalue weighted by Gasteiger charge is -2.49. The summed E-state index contributed by atoms with van der Waals surface area (Å²) in [4.78, 5) is 30.1. The van der Waals surface area contributed by atoms with E-state index in [2.05, 4.69) is 5.32 Å². The Morgan fingerprint density at radius 3 is 2.11 bits per heavy atom. The number of nitrogens with one attached hydrogen (secondary N) is 1. The molecule has 0 saturated carbocycles. The second-order valence-corrected chi connectivity index (χ2v) is 18.6. The third-order valence-corrected chi connectivity index (χ3v) is 13.0. The molecule has 0 bridgehead atoms. The summed E-state index contributed by atoms with van der Waals surface area (Å²) in [6.45, 7) is 25.6. The van der Waals surface area contributed by atoms with Gasteiger partial charge in [-0.25, -0.2) is 0 Å². The molecule has 1 aromatic carbocycles. The van der Waals surface area contributed by atoms with E-state index in [1.54, 1.807) is 41.5 Å². The fourth-order valence-electron chi connectivity index (χ4n) is 8.75. The first-order valence-corrected chi connectivity index (χ1v) is 23.8. The number of likely N-dealkylation sites (N-methyl/N-ethyl adjacent to an activating group) is 1. The van der Waals surface area contributed by atoms with E-state index >= 15 is 0 Å². The van der Waals surface area contributed by atoms with Gasteiger partial charge in [0.1, 0.15) is 24.0 Å². The monoisotopic (exact) mass is 930 g/mol. The molecule has 3 rings (SSSR count). The van der Waals surface area contributed by atoms with Crippen molar-refractivity contribution in [1.82, 2.24) is 10.2 Å². The Bertz CT molecular complexity index is 1500. The molecule has 16 heteroatoms. The topological polar surface area (TPSA) is 221 Å². The Hall–Kier alpha value is -2.32. The summed E-state index contributed by atoms with van der Waals surface area (Å²) < 4.78 is 44.1. The van der Waals surface area contributed by atoms with Crippen LogP contribution in [0.3, 0.4) is 0 Å². The number of methoxy groups -OCH3 is 1. The van der Waals surface area contributed by atoms with E-state index in [0.29, 0.717) is 13.0 Å². The Morgan fingerprint density at radius 1 is 1.00 bits per heavy atom. The van der Waals surface area contributed by atoms with Crippen molar-refractivity contribution in [3.63, 3.8) is 0 Å². The summed E-state index contributed by atoms with van der Waals surface area (Å²) in [5.41, 5.74) is 2.46. The quantitative estimate of drug-likeness (QED) is 0.0833. The minimum Gasteiger partial charge on any atom is -0.459 e. The van der Waals surface area contributed by atoms with Crippen molar-refractivity contribution < 1.29 is 63.2 Å². The molecule has 1 unspecified atom stereocenters. The molecule has 65 heavy (non-hydrogen) atoms. The van der Waals surface area contributed by atoms with E-state index in [0.717, 1.165) is 5.56 Å². The molecule has 2 aliphatic rings. The van der Waals surface area contributed by atoms with Gasteiger partial charge in [0.2, 0.25) is 0 Å². The minimum atomic E-state index is -1.77. The number of nitrogens with two attached hydrogens (primary N) is 1. The fraction of sp³-hybridized carbons (Fsp3) is 0.837. The van der Waals surface area contributed by atoms with E-state index in [-0.39, 0.29) is 37.3 Å². The third-order valence-electron chi connectivity index (χ3n) is 13.0. The number of hydrogen-bond donors (Lipinski definition) is 6. The first-order chi connectivity index (χ1) is 30.3. The van der Waals surface area contributed by atoms with E-state index in [1.807, 2.05) is 97.9 Å². The summed E-state index contributed by atoms with van der Waals surface area (Å²) in [6.07, 6.45) is -9.61. The number of nitrogens with zero attached hydrogens (tertiary/aromatic N) is 1. The van der Waals surface area contributed by atoms with Crippen molar-refractivity contribution in [3.8, 4) is 0 Å². The van der Waals surface area contributed by atoms with Gasteiger partial charge in [-0.05, 0) is 107 Å². The molecule has 18 atom stereocenters. The second-order valence-electron chi connectivity index (χ2n) is 18.6. The van der Waals surface area contributed by atoms with Crippen LogP contribution in [0.25, 0.3) is 0 Å². The average Bonchev–Trinajstić information content (AvgIpc) is 3.27. The maximum absolute atomic E-state index is 14.2. The number of carbonyl (C=O) groups excluding carboxylic acids is 2. The smallest absolute Gasteiger partial charge is 0.313 e. The van der Waals surface area contributed by atoms with E-state index in [9.17, 15) is 30.0 Å². The molecule has 7 N–H and O–H groups in total. The fourth-order valence-corrected chi connectivity index (χ4v) is 8.75. The molecule has 380 valence electrons. The molecule has 2 heterocycles. The number of benzene rings is 1. The lowest BCUT2D eigenvalue weighted by Crippen LogP contribution is -2.62. The van der Waals surface area contributed by atoms with Gasteiger partial charge in [-0.1, -0.05) is 78.8 Å². The van der Waals surface area contributed by atoms with Crippen LogP contribution in [-0.2, 0) is 42.7 Å². The van der Waals surface area contributed by atoms with Gasteiger partial charge in [0.05, 0.1) is 53.5 Å². The second kappa shape index (κ2) is 27.6. The Kier molecular flexibility index (Phi) is 25.8. The molecule has 2 saturated heterocycles. The largest absolute Gasteiger partial charge is 0.459 e. The molecular formula is C49H91N3O13. The molecule has 0 radical (unpaired) electrons. The maximum atomic E-state index is 14.2. The Morgan fingerprint density at radius 2 is 1.58 bits per heavy atom. The van der Waals surface area contributed by atoms with Crippen molar-refractivity contribution in [3.05, 3.63) is 35.9 Å². The maximum Gasteiger partial charge on any atom is 0.313 e. The summed E-state index contributed by atoms with van der Waals surface area (Å²) >= 11 is 0. The third kappa shape index (κ3) is 16.4. The van der Waals surface area contributed by atoms with Crippen LogP contribution in [-0.4, -0.2) is 156 Å². The van der Waals surface area contributed by atoms with Crippen molar-refractivity contribution >= 4 is 11.9 Å². The molecule has 0 aliphatic carbocycles. The molecule has 0 spiro atoms. The highest BCUT2D eigenvalue weighted by Gasteiger charge is 2.52. The molecule has 0 aromatic heterocycles.